The number of aromatic hydroxyl groups is 1. The molecule has 1 saturated carbocycles. The molecule has 0 saturated heterocycles. The minimum absolute atomic E-state index is 0.0209. The molecule has 6 N–H and O–H groups in total. The minimum Gasteiger partial charge on any atom is -0.507 e. The van der Waals surface area contributed by atoms with E-state index < -0.39 is 16.1 Å². The predicted octanol–water partition coefficient (Wildman–Crippen LogP) is 8.45. The van der Waals surface area contributed by atoms with Crippen molar-refractivity contribution in [2.24, 2.45) is 0 Å². The van der Waals surface area contributed by atoms with Crippen LogP contribution in [0.25, 0.3) is 34.1 Å². The molecular formula is C49H56ClN11O9S. The lowest BCUT2D eigenvalue weighted by Gasteiger charge is -2.22. The number of nitrogens with one attached hydrogen (secondary N) is 5. The number of carbonyl (C=O) groups excluding carboxylic acids is 1. The summed E-state index contributed by atoms with van der Waals surface area (Å²) in [7, 11) is -3.67. The lowest BCUT2D eigenvalue weighted by atomic mass is 9.96. The summed E-state index contributed by atoms with van der Waals surface area (Å²) in [6, 6.07) is 26.1. The van der Waals surface area contributed by atoms with Gasteiger partial charge in [0.05, 0.1) is 17.0 Å². The number of benzene rings is 4. The van der Waals surface area contributed by atoms with E-state index >= 15 is 0 Å². The summed E-state index contributed by atoms with van der Waals surface area (Å²) in [5.41, 5.74) is 8.05. The van der Waals surface area contributed by atoms with Gasteiger partial charge in [0.2, 0.25) is 5.65 Å². The van der Waals surface area contributed by atoms with Gasteiger partial charge in [0.15, 0.2) is 29.8 Å². The number of carbonyl (C=O) groups is 1. The fraction of sp³-hybridized carbons (Fsp3) is 0.327. The molecule has 0 amide bonds. The van der Waals surface area contributed by atoms with Crippen LogP contribution in [0.4, 0.5) is 5.69 Å². The van der Waals surface area contributed by atoms with Crippen molar-refractivity contribution in [1.82, 2.24) is 50.3 Å². The third-order valence-electron chi connectivity index (χ3n) is 11.5. The summed E-state index contributed by atoms with van der Waals surface area (Å²) < 4.78 is 54.2. The van der Waals surface area contributed by atoms with E-state index in [1.807, 2.05) is 93.6 Å². The quantitative estimate of drug-likeness (QED) is 0.0192. The molecule has 71 heavy (non-hydrogen) atoms. The number of aryl methyl sites for hydroxylation is 5. The van der Waals surface area contributed by atoms with Crippen LogP contribution in [0, 0.1) is 34.6 Å². The first-order valence-corrected chi connectivity index (χ1v) is 24.9. The predicted molar refractivity (Wildman–Crippen MR) is 267 cm³/mol. The van der Waals surface area contributed by atoms with Gasteiger partial charge in [-0.05, 0) is 131 Å². The van der Waals surface area contributed by atoms with Gasteiger partial charge in [0.1, 0.15) is 48.3 Å². The molecule has 1 fully saturated rings. The van der Waals surface area contributed by atoms with Gasteiger partial charge in [-0.15, -0.1) is 14.8 Å². The Morgan fingerprint density at radius 2 is 1.38 bits per heavy atom. The van der Waals surface area contributed by atoms with Crippen molar-refractivity contribution in [1.29, 1.82) is 0 Å². The van der Waals surface area contributed by atoms with Crippen LogP contribution in [0.3, 0.4) is 0 Å². The van der Waals surface area contributed by atoms with Gasteiger partial charge >= 0.3 is 5.97 Å². The van der Waals surface area contributed by atoms with Crippen LogP contribution in [0.1, 0.15) is 70.5 Å². The summed E-state index contributed by atoms with van der Waals surface area (Å²) in [4.78, 5) is 21.4. The number of hydrogen-bond donors (Lipinski definition) is 6. The van der Waals surface area contributed by atoms with Crippen LogP contribution >= 0.6 is 11.6 Å². The SMILES string of the molecule is Cc1[nH]n2nc(-c3ccc(NCOCOS(=O)(=O)CNC4CCCCC4)cc3)nc2c1Cl.Cc1ccc(Oc2c(C)[nH]n3nc(-c4ccc(OCNCOC(=O)c5cc(C)c(O)c(C)c5)cc4)nc23)cc1. The number of rotatable bonds is 19. The van der Waals surface area contributed by atoms with Gasteiger partial charge in [-0.1, -0.05) is 48.6 Å². The molecule has 0 aliphatic heterocycles. The van der Waals surface area contributed by atoms with Crippen molar-refractivity contribution < 1.29 is 41.4 Å². The molecule has 1 aliphatic rings. The molecular weight excluding hydrogens is 954 g/mol. The number of phenolic OH excluding ortho intramolecular Hbond substituents is 1. The van der Waals surface area contributed by atoms with E-state index in [2.05, 4.69) is 46.3 Å². The molecule has 4 aromatic carbocycles. The number of H-pyrrole nitrogens is 2. The molecule has 1 aliphatic carbocycles. The molecule has 4 heterocycles. The number of aromatic amines is 2. The number of anilines is 1. The maximum Gasteiger partial charge on any atom is 0.339 e. The van der Waals surface area contributed by atoms with Crippen LogP contribution < -0.4 is 25.4 Å². The fourth-order valence-electron chi connectivity index (χ4n) is 7.65. The first kappa shape index (κ1) is 50.4. The maximum atomic E-state index is 12.2. The molecule has 22 heteroatoms. The molecule has 374 valence electrons. The molecule has 20 nitrogen and oxygen atoms in total. The Morgan fingerprint density at radius 1 is 0.775 bits per heavy atom. The molecule has 0 atom stereocenters. The van der Waals surface area contributed by atoms with Gasteiger partial charge in [0, 0.05) is 22.9 Å². The number of fused-ring (bicyclic) bond motifs is 2. The minimum atomic E-state index is -3.67. The van der Waals surface area contributed by atoms with Crippen molar-refractivity contribution in [3.63, 3.8) is 0 Å². The van der Waals surface area contributed by atoms with Crippen molar-refractivity contribution in [2.75, 3.05) is 38.2 Å². The standard InChI is InChI=1S/C29H29N5O5.C20H27ClN6O4S/c1-17-5-9-24(10-6-17)39-26-20(4)32-34-28(26)31-27(33-34)21-7-11-23(12-8-21)37-15-30-16-38-29(36)22-13-18(2)25(35)19(3)14-22;1-14-18(21)20-24-19(26-27(20)25-14)15-7-9-17(10-8-15)22-11-30-13-31-32(28,29)12-23-16-5-3-2-4-6-16/h5-14,30,32,35H,15-16H2,1-4H3;7-10,16,22-23,25H,2-6,11-13H2,1H3. The number of phenols is 1. The maximum absolute atomic E-state index is 12.2. The highest BCUT2D eigenvalue weighted by atomic mass is 35.5. The third kappa shape index (κ3) is 13.1. The zero-order valence-electron chi connectivity index (χ0n) is 39.9. The lowest BCUT2D eigenvalue weighted by Crippen LogP contribution is -2.35. The van der Waals surface area contributed by atoms with Crippen LogP contribution in [0.5, 0.6) is 23.0 Å². The molecule has 0 spiro atoms. The van der Waals surface area contributed by atoms with E-state index in [0.717, 1.165) is 65.2 Å². The van der Waals surface area contributed by atoms with Crippen LogP contribution in [-0.2, 0) is 23.8 Å². The topological polar surface area (TPSA) is 246 Å². The van der Waals surface area contributed by atoms with Gasteiger partial charge < -0.3 is 29.4 Å². The number of esters is 1. The van der Waals surface area contributed by atoms with E-state index in [9.17, 15) is 18.3 Å². The van der Waals surface area contributed by atoms with Crippen LogP contribution in [0.2, 0.25) is 5.02 Å². The zero-order chi connectivity index (χ0) is 50.1. The van der Waals surface area contributed by atoms with Crippen molar-refractivity contribution in [3.05, 3.63) is 124 Å². The first-order chi connectivity index (χ1) is 34.2. The van der Waals surface area contributed by atoms with Crippen molar-refractivity contribution in [2.45, 2.75) is 72.8 Å². The summed E-state index contributed by atoms with van der Waals surface area (Å²) in [5, 5.41) is 34.5. The van der Waals surface area contributed by atoms with Gasteiger partial charge in [-0.2, -0.15) is 13.0 Å². The van der Waals surface area contributed by atoms with E-state index in [1.54, 1.807) is 35.2 Å². The average Bonchev–Trinajstić information content (AvgIpc) is 4.12. The normalized spacial score (nSPS) is 13.0. The Bertz CT molecular complexity index is 3160. The molecule has 0 bridgehead atoms. The second-order valence-corrected chi connectivity index (χ2v) is 19.1. The monoisotopic (exact) mass is 1010 g/mol. The first-order valence-electron chi connectivity index (χ1n) is 22.9. The number of aromatic nitrogens is 8. The summed E-state index contributed by atoms with van der Waals surface area (Å²) in [6.07, 6.45) is 5.51. The molecule has 8 aromatic rings. The second kappa shape index (κ2) is 22.8. The smallest absolute Gasteiger partial charge is 0.339 e. The largest absolute Gasteiger partial charge is 0.507 e. The Balaban J connectivity index is 0.000000194. The van der Waals surface area contributed by atoms with Gasteiger partial charge in [-0.3, -0.25) is 20.8 Å². The summed E-state index contributed by atoms with van der Waals surface area (Å²) >= 11 is 6.20. The Kier molecular flexibility index (Phi) is 16.2. The Labute approximate surface area is 415 Å². The fourth-order valence-corrected chi connectivity index (χ4v) is 8.55. The number of halogens is 1. The van der Waals surface area contributed by atoms with Gasteiger partial charge in [0.25, 0.3) is 10.1 Å². The summed E-state index contributed by atoms with van der Waals surface area (Å²) in [5.74, 6) is 2.59. The Morgan fingerprint density at radius 3 is 2.04 bits per heavy atom. The highest BCUT2D eigenvalue weighted by molar-refractivity contribution is 7.86. The van der Waals surface area contributed by atoms with Crippen molar-refractivity contribution >= 4 is 44.7 Å². The van der Waals surface area contributed by atoms with E-state index in [4.69, 9.17) is 34.7 Å². The molecule has 0 unspecified atom stereocenters. The van der Waals surface area contributed by atoms with E-state index in [1.165, 1.54) is 6.42 Å². The lowest BCUT2D eigenvalue weighted by molar-refractivity contribution is 0.0292. The number of ether oxygens (including phenoxy) is 4. The van der Waals surface area contributed by atoms with Crippen LogP contribution in [0.15, 0.2) is 84.9 Å². The third-order valence-corrected chi connectivity index (χ3v) is 13.0. The Hall–Kier alpha value is -7.01. The number of nitrogens with zero attached hydrogens (tertiary/aromatic N) is 6. The molecule has 9 rings (SSSR count). The highest BCUT2D eigenvalue weighted by Gasteiger charge is 2.20. The molecule has 0 radical (unpaired) electrons. The highest BCUT2D eigenvalue weighted by Crippen LogP contribution is 2.31. The second-order valence-electron chi connectivity index (χ2n) is 17.1. The molecule has 4 aromatic heterocycles. The van der Waals surface area contributed by atoms with Crippen molar-refractivity contribution in [3.8, 4) is 45.8 Å². The zero-order valence-corrected chi connectivity index (χ0v) is 41.5. The average molecular weight is 1010 g/mol. The summed E-state index contributed by atoms with van der Waals surface area (Å²) in [6.45, 7) is 9.15. The van der Waals surface area contributed by atoms with Gasteiger partial charge in [-0.25, -0.2) is 18.9 Å². The number of hydrogen-bond acceptors (Lipinski definition) is 16. The van der Waals surface area contributed by atoms with E-state index in [0.29, 0.717) is 56.2 Å². The van der Waals surface area contributed by atoms with E-state index in [-0.39, 0.29) is 44.7 Å². The van der Waals surface area contributed by atoms with Crippen LogP contribution in [-0.4, -0.2) is 98.0 Å².